The zero-order valence-corrected chi connectivity index (χ0v) is 17.0. The van der Waals surface area contributed by atoms with Crippen molar-refractivity contribution in [3.63, 3.8) is 0 Å². The van der Waals surface area contributed by atoms with E-state index in [-0.39, 0.29) is 17.5 Å². The predicted molar refractivity (Wildman–Crippen MR) is 118 cm³/mol. The molecule has 7 heteroatoms. The summed E-state index contributed by atoms with van der Waals surface area (Å²) in [5, 5.41) is 17.6. The summed E-state index contributed by atoms with van der Waals surface area (Å²) >= 11 is 0. The van der Waals surface area contributed by atoms with Crippen molar-refractivity contribution in [1.82, 2.24) is 14.9 Å². The first-order valence-electron chi connectivity index (χ1n) is 9.99. The van der Waals surface area contributed by atoms with E-state index in [1.807, 2.05) is 28.8 Å². The minimum Gasteiger partial charge on any atom is -0.508 e. The van der Waals surface area contributed by atoms with Crippen molar-refractivity contribution in [2.45, 2.75) is 26.1 Å². The predicted octanol–water partition coefficient (Wildman–Crippen LogP) is 4.05. The molecule has 4 rings (SSSR count). The average molecular weight is 418 g/mol. The molecule has 0 spiro atoms. The Morgan fingerprint density at radius 2 is 2.00 bits per heavy atom. The summed E-state index contributed by atoms with van der Waals surface area (Å²) in [6.45, 7) is 2.71. The highest BCUT2D eigenvalue weighted by Crippen LogP contribution is 2.27. The fourth-order valence-electron chi connectivity index (χ4n) is 3.43. The van der Waals surface area contributed by atoms with Crippen LogP contribution in [0.4, 0.5) is 10.1 Å². The maximum absolute atomic E-state index is 13.4. The van der Waals surface area contributed by atoms with Gasteiger partial charge in [-0.05, 0) is 48.2 Å². The van der Waals surface area contributed by atoms with Crippen LogP contribution in [0.2, 0.25) is 0 Å². The Balaban J connectivity index is 1.40. The van der Waals surface area contributed by atoms with E-state index in [0.29, 0.717) is 18.8 Å². The van der Waals surface area contributed by atoms with Gasteiger partial charge < -0.3 is 20.3 Å². The summed E-state index contributed by atoms with van der Waals surface area (Å²) in [4.78, 5) is 16.9. The van der Waals surface area contributed by atoms with Crippen molar-refractivity contribution in [3.8, 4) is 5.75 Å². The van der Waals surface area contributed by atoms with E-state index < -0.39 is 6.04 Å². The Morgan fingerprint density at radius 1 is 1.16 bits per heavy atom. The van der Waals surface area contributed by atoms with Crippen molar-refractivity contribution >= 4 is 22.4 Å². The van der Waals surface area contributed by atoms with E-state index in [4.69, 9.17) is 0 Å². The fourth-order valence-corrected chi connectivity index (χ4v) is 3.43. The van der Waals surface area contributed by atoms with E-state index in [1.165, 1.54) is 12.1 Å². The van der Waals surface area contributed by atoms with Gasteiger partial charge in [0.15, 0.2) is 0 Å². The highest BCUT2D eigenvalue weighted by molar-refractivity contribution is 6.04. The van der Waals surface area contributed by atoms with Crippen LogP contribution in [-0.2, 0) is 17.9 Å². The number of aromatic hydroxyl groups is 1. The van der Waals surface area contributed by atoms with Gasteiger partial charge in [-0.3, -0.25) is 4.79 Å². The monoisotopic (exact) mass is 418 g/mol. The maximum atomic E-state index is 13.4. The van der Waals surface area contributed by atoms with E-state index in [2.05, 4.69) is 15.6 Å². The van der Waals surface area contributed by atoms with Crippen LogP contribution in [0, 0.1) is 5.82 Å². The van der Waals surface area contributed by atoms with Gasteiger partial charge in [0.1, 0.15) is 11.6 Å². The summed E-state index contributed by atoms with van der Waals surface area (Å²) in [5.41, 5.74) is 2.37. The average Bonchev–Trinajstić information content (AvgIpc) is 3.19. The van der Waals surface area contributed by atoms with Crippen molar-refractivity contribution in [1.29, 1.82) is 0 Å². The van der Waals surface area contributed by atoms with Crippen molar-refractivity contribution in [2.75, 3.05) is 5.32 Å². The van der Waals surface area contributed by atoms with E-state index in [9.17, 15) is 14.3 Å². The number of phenols is 1. The highest BCUT2D eigenvalue weighted by Gasteiger charge is 2.15. The van der Waals surface area contributed by atoms with E-state index >= 15 is 0 Å². The largest absolute Gasteiger partial charge is 0.508 e. The zero-order chi connectivity index (χ0) is 21.8. The normalized spacial score (nSPS) is 12.1. The molecule has 0 bridgehead atoms. The topological polar surface area (TPSA) is 79.2 Å². The van der Waals surface area contributed by atoms with Gasteiger partial charge in [-0.1, -0.05) is 30.3 Å². The number of hydrogen-bond donors (Lipinski definition) is 3. The van der Waals surface area contributed by atoms with E-state index in [0.717, 1.165) is 22.0 Å². The number of carbonyl (C=O) groups excluding carboxylic acids is 1. The Bertz CT molecular complexity index is 1220. The van der Waals surface area contributed by atoms with Crippen LogP contribution in [0.25, 0.3) is 10.8 Å². The lowest BCUT2D eigenvalue weighted by Crippen LogP contribution is -2.38. The number of phenolic OH excluding ortho intramolecular Hbond substituents is 1. The molecule has 0 radical (unpaired) electrons. The number of imidazole rings is 1. The second-order valence-electron chi connectivity index (χ2n) is 7.45. The van der Waals surface area contributed by atoms with Crippen molar-refractivity contribution < 1.29 is 14.3 Å². The molecule has 31 heavy (non-hydrogen) atoms. The van der Waals surface area contributed by atoms with Crippen LogP contribution < -0.4 is 10.6 Å². The van der Waals surface area contributed by atoms with Crippen molar-refractivity contribution in [2.24, 2.45) is 0 Å². The fraction of sp³-hybridized carbons (Fsp3) is 0.167. The molecule has 1 aromatic heterocycles. The molecule has 0 aliphatic carbocycles. The van der Waals surface area contributed by atoms with Crippen LogP contribution in [-0.4, -0.2) is 26.6 Å². The smallest absolute Gasteiger partial charge is 0.241 e. The molecule has 1 heterocycles. The first kappa shape index (κ1) is 20.6. The molecule has 6 nitrogen and oxygen atoms in total. The van der Waals surface area contributed by atoms with Gasteiger partial charge >= 0.3 is 0 Å². The lowest BCUT2D eigenvalue weighted by atomic mass is 10.1. The van der Waals surface area contributed by atoms with Gasteiger partial charge in [-0.25, -0.2) is 9.37 Å². The number of fused-ring (bicyclic) bond motifs is 1. The molecule has 158 valence electrons. The number of benzene rings is 3. The quantitative estimate of drug-likeness (QED) is 0.423. The lowest BCUT2D eigenvalue weighted by Gasteiger charge is -2.16. The van der Waals surface area contributed by atoms with Gasteiger partial charge in [-0.2, -0.15) is 0 Å². The second kappa shape index (κ2) is 8.97. The zero-order valence-electron chi connectivity index (χ0n) is 17.0. The standard InChI is InChI=1S/C24H23FN4O2/c1-16(24(31)28-23-7-3-5-18-8-9-21(30)11-22(18)23)27-13-20-12-26-15-29(20)14-17-4-2-6-19(25)10-17/h2-12,15-16,27,30H,13-14H2,1H3,(H,28,31). The Labute approximate surface area is 179 Å². The number of nitrogens with one attached hydrogen (secondary N) is 2. The molecule has 0 saturated carbocycles. The number of carbonyl (C=O) groups is 1. The first-order valence-corrected chi connectivity index (χ1v) is 9.99. The van der Waals surface area contributed by atoms with Gasteiger partial charge in [0.25, 0.3) is 0 Å². The number of halogens is 1. The van der Waals surface area contributed by atoms with Crippen LogP contribution in [0.5, 0.6) is 5.75 Å². The SMILES string of the molecule is CC(NCc1cncn1Cc1cccc(F)c1)C(=O)Nc1cccc2ccc(O)cc12. The van der Waals surface area contributed by atoms with Gasteiger partial charge in [-0.15, -0.1) is 0 Å². The summed E-state index contributed by atoms with van der Waals surface area (Å²) in [5.74, 6) is -0.316. The summed E-state index contributed by atoms with van der Waals surface area (Å²) in [7, 11) is 0. The summed E-state index contributed by atoms with van der Waals surface area (Å²) in [6, 6.07) is 16.6. The van der Waals surface area contributed by atoms with Crippen LogP contribution in [0.15, 0.2) is 73.2 Å². The molecule has 0 aliphatic heterocycles. The van der Waals surface area contributed by atoms with Gasteiger partial charge in [0, 0.05) is 30.4 Å². The third-order valence-corrected chi connectivity index (χ3v) is 5.15. The molecule has 1 amide bonds. The molecule has 0 aliphatic rings. The molecule has 4 aromatic rings. The van der Waals surface area contributed by atoms with Crippen molar-refractivity contribution in [3.05, 3.63) is 90.3 Å². The third-order valence-electron chi connectivity index (χ3n) is 5.15. The minimum atomic E-state index is -0.468. The van der Waals surface area contributed by atoms with Crippen LogP contribution in [0.3, 0.4) is 0 Å². The Morgan fingerprint density at radius 3 is 2.84 bits per heavy atom. The third kappa shape index (κ3) is 4.90. The molecular weight excluding hydrogens is 395 g/mol. The molecule has 1 unspecified atom stereocenters. The summed E-state index contributed by atoms with van der Waals surface area (Å²) < 4.78 is 15.4. The second-order valence-corrected chi connectivity index (χ2v) is 7.45. The Kier molecular flexibility index (Phi) is 5.95. The molecular formula is C24H23FN4O2. The first-order chi connectivity index (χ1) is 15.0. The molecule has 3 aromatic carbocycles. The van der Waals surface area contributed by atoms with Crippen LogP contribution >= 0.6 is 0 Å². The number of nitrogens with zero attached hydrogens (tertiary/aromatic N) is 2. The molecule has 1 atom stereocenters. The molecule has 3 N–H and O–H groups in total. The van der Waals surface area contributed by atoms with Gasteiger partial charge in [0.05, 0.1) is 18.1 Å². The van der Waals surface area contributed by atoms with E-state index in [1.54, 1.807) is 43.7 Å². The highest BCUT2D eigenvalue weighted by atomic mass is 19.1. The number of anilines is 1. The van der Waals surface area contributed by atoms with Gasteiger partial charge in [0.2, 0.25) is 5.91 Å². The maximum Gasteiger partial charge on any atom is 0.241 e. The number of aromatic nitrogens is 2. The summed E-state index contributed by atoms with van der Waals surface area (Å²) in [6.07, 6.45) is 3.42. The lowest BCUT2D eigenvalue weighted by molar-refractivity contribution is -0.117. The number of amides is 1. The molecule has 0 fully saturated rings. The minimum absolute atomic E-state index is 0.145. The molecule has 0 saturated heterocycles. The number of rotatable bonds is 7. The Hall–Kier alpha value is -3.71. The number of hydrogen-bond acceptors (Lipinski definition) is 4. The van der Waals surface area contributed by atoms with Crippen LogP contribution in [0.1, 0.15) is 18.2 Å².